The molecule has 0 saturated heterocycles. The Balaban J connectivity index is 0.00000312. The number of aliphatic imine (C=N–C) groups is 1. The molecule has 2 aromatic heterocycles. The van der Waals surface area contributed by atoms with E-state index in [1.165, 1.54) is 0 Å². The van der Waals surface area contributed by atoms with E-state index in [1.807, 2.05) is 41.8 Å². The first kappa shape index (κ1) is 21.1. The molecule has 9 heteroatoms. The molecule has 0 bridgehead atoms. The van der Waals surface area contributed by atoms with Gasteiger partial charge in [0.05, 0.1) is 12.2 Å². The molecule has 0 radical (unpaired) electrons. The molecule has 0 spiro atoms. The molecule has 138 valence electrons. The predicted molar refractivity (Wildman–Crippen MR) is 112 cm³/mol. The van der Waals surface area contributed by atoms with Crippen molar-refractivity contribution in [2.75, 3.05) is 32.6 Å². The first-order valence-corrected chi connectivity index (χ1v) is 8.08. The number of nitrogens with zero attached hydrogens (tertiary/aromatic N) is 6. The molecule has 2 rings (SSSR count). The zero-order valence-corrected chi connectivity index (χ0v) is 17.6. The van der Waals surface area contributed by atoms with Crippen LogP contribution in [-0.2, 0) is 19.5 Å². The summed E-state index contributed by atoms with van der Waals surface area (Å²) in [5.41, 5.74) is 0.969. The fraction of sp³-hybridized carbons (Fsp3) is 0.500. The highest BCUT2D eigenvalue weighted by molar-refractivity contribution is 14.0. The van der Waals surface area contributed by atoms with Gasteiger partial charge in [-0.3, -0.25) is 4.99 Å². The summed E-state index contributed by atoms with van der Waals surface area (Å²) in [4.78, 5) is 10.8. The van der Waals surface area contributed by atoms with Gasteiger partial charge < -0.3 is 20.1 Å². The molecule has 0 unspecified atom stereocenters. The van der Waals surface area contributed by atoms with Crippen LogP contribution in [0.25, 0.3) is 0 Å². The molecule has 0 amide bonds. The molecule has 0 aliphatic rings. The van der Waals surface area contributed by atoms with Crippen molar-refractivity contribution in [3.8, 4) is 0 Å². The van der Waals surface area contributed by atoms with Crippen LogP contribution in [0.5, 0.6) is 0 Å². The molecule has 0 aromatic carbocycles. The third-order valence-corrected chi connectivity index (χ3v) is 3.57. The number of anilines is 1. The van der Waals surface area contributed by atoms with Crippen molar-refractivity contribution >= 4 is 35.8 Å². The minimum absolute atomic E-state index is 0. The summed E-state index contributed by atoms with van der Waals surface area (Å²) in [6.45, 7) is 4.23. The van der Waals surface area contributed by atoms with E-state index in [-0.39, 0.29) is 24.0 Å². The van der Waals surface area contributed by atoms with Crippen molar-refractivity contribution in [2.24, 2.45) is 4.99 Å². The van der Waals surface area contributed by atoms with E-state index in [9.17, 15) is 0 Å². The highest BCUT2D eigenvalue weighted by atomic mass is 127. The van der Waals surface area contributed by atoms with Crippen LogP contribution < -0.4 is 15.5 Å². The third-order valence-electron chi connectivity index (χ3n) is 3.57. The topological polar surface area (TPSA) is 83.3 Å². The highest BCUT2D eigenvalue weighted by Gasteiger charge is 2.04. The Morgan fingerprint density at radius 3 is 2.76 bits per heavy atom. The summed E-state index contributed by atoms with van der Waals surface area (Å²) in [7, 11) is 5.72. The van der Waals surface area contributed by atoms with Crippen molar-refractivity contribution < 1.29 is 0 Å². The van der Waals surface area contributed by atoms with E-state index in [0.717, 1.165) is 42.8 Å². The van der Waals surface area contributed by atoms with E-state index in [0.29, 0.717) is 6.54 Å². The van der Waals surface area contributed by atoms with Crippen molar-refractivity contribution in [3.05, 3.63) is 36.0 Å². The molecule has 25 heavy (non-hydrogen) atoms. The highest BCUT2D eigenvalue weighted by Crippen LogP contribution is 2.07. The molecule has 2 N–H and O–H groups in total. The second-order valence-corrected chi connectivity index (χ2v) is 5.53. The van der Waals surface area contributed by atoms with Crippen molar-refractivity contribution in [1.82, 2.24) is 30.4 Å². The van der Waals surface area contributed by atoms with Gasteiger partial charge in [0.25, 0.3) is 0 Å². The smallest absolute Gasteiger partial charge is 0.191 e. The summed E-state index contributed by atoms with van der Waals surface area (Å²) >= 11 is 0. The monoisotopic (exact) mass is 458 g/mol. The van der Waals surface area contributed by atoms with Crippen LogP contribution in [-0.4, -0.2) is 53.4 Å². The van der Waals surface area contributed by atoms with Gasteiger partial charge in [-0.25, -0.2) is 4.98 Å². The lowest BCUT2D eigenvalue weighted by atomic mass is 10.3. The first-order chi connectivity index (χ1) is 11.6. The number of pyridine rings is 1. The SMILES string of the molecule is CCc1nncn1CCNC(=NC)NCc1cccc(N(C)C)n1.I. The van der Waals surface area contributed by atoms with Gasteiger partial charge in [-0.1, -0.05) is 13.0 Å². The maximum Gasteiger partial charge on any atom is 0.191 e. The van der Waals surface area contributed by atoms with Crippen molar-refractivity contribution in [2.45, 2.75) is 26.4 Å². The Morgan fingerprint density at radius 1 is 1.28 bits per heavy atom. The molecule has 2 aromatic rings. The van der Waals surface area contributed by atoms with Gasteiger partial charge in [-0.2, -0.15) is 0 Å². The van der Waals surface area contributed by atoms with Gasteiger partial charge in [0, 0.05) is 40.7 Å². The van der Waals surface area contributed by atoms with Gasteiger partial charge in [-0.15, -0.1) is 34.2 Å². The van der Waals surface area contributed by atoms with Gasteiger partial charge >= 0.3 is 0 Å². The second-order valence-electron chi connectivity index (χ2n) is 5.53. The number of hydrogen-bond donors (Lipinski definition) is 2. The number of guanidine groups is 1. The van der Waals surface area contributed by atoms with Crippen LogP contribution in [0.15, 0.2) is 29.5 Å². The Morgan fingerprint density at radius 2 is 2.08 bits per heavy atom. The summed E-state index contributed by atoms with van der Waals surface area (Å²) < 4.78 is 2.04. The minimum atomic E-state index is 0. The lowest BCUT2D eigenvalue weighted by molar-refractivity contribution is 0.632. The molecule has 0 atom stereocenters. The molecule has 0 saturated carbocycles. The Labute approximate surface area is 166 Å². The van der Waals surface area contributed by atoms with Crippen molar-refractivity contribution in [1.29, 1.82) is 0 Å². The summed E-state index contributed by atoms with van der Waals surface area (Å²) in [6, 6.07) is 5.99. The number of hydrogen-bond acceptors (Lipinski definition) is 5. The largest absolute Gasteiger partial charge is 0.363 e. The number of halogens is 1. The molecule has 0 aliphatic carbocycles. The zero-order valence-electron chi connectivity index (χ0n) is 15.2. The molecule has 2 heterocycles. The summed E-state index contributed by atoms with van der Waals surface area (Å²) in [5, 5.41) is 14.6. The van der Waals surface area contributed by atoms with Crippen LogP contribution in [0.1, 0.15) is 18.4 Å². The average molecular weight is 458 g/mol. The fourth-order valence-corrected chi connectivity index (χ4v) is 2.24. The summed E-state index contributed by atoms with van der Waals surface area (Å²) in [5.74, 6) is 2.68. The third kappa shape index (κ3) is 6.48. The predicted octanol–water partition coefficient (Wildman–Crippen LogP) is 1.28. The maximum absolute atomic E-state index is 4.58. The number of nitrogens with one attached hydrogen (secondary N) is 2. The number of aromatic nitrogens is 4. The minimum Gasteiger partial charge on any atom is -0.363 e. The van der Waals surface area contributed by atoms with Gasteiger partial charge in [0.15, 0.2) is 5.96 Å². The normalized spacial score (nSPS) is 11.0. The number of aryl methyl sites for hydroxylation is 1. The molecular weight excluding hydrogens is 431 g/mol. The maximum atomic E-state index is 4.58. The molecule has 0 fully saturated rings. The Hall–Kier alpha value is -1.91. The van der Waals surface area contributed by atoms with E-state index in [4.69, 9.17) is 0 Å². The van der Waals surface area contributed by atoms with E-state index < -0.39 is 0 Å². The van der Waals surface area contributed by atoms with Gasteiger partial charge in [0.1, 0.15) is 18.0 Å². The van der Waals surface area contributed by atoms with Crippen LogP contribution >= 0.6 is 24.0 Å². The number of rotatable bonds is 7. The van der Waals surface area contributed by atoms with E-state index in [2.05, 4.69) is 37.7 Å². The average Bonchev–Trinajstić information content (AvgIpc) is 3.05. The van der Waals surface area contributed by atoms with Gasteiger partial charge in [0.2, 0.25) is 0 Å². The molecular formula is C16H27IN8. The Kier molecular flexibility index (Phi) is 9.17. The second kappa shape index (κ2) is 10.9. The van der Waals surface area contributed by atoms with Crippen LogP contribution in [0.2, 0.25) is 0 Å². The van der Waals surface area contributed by atoms with E-state index in [1.54, 1.807) is 13.4 Å². The lowest BCUT2D eigenvalue weighted by Gasteiger charge is -2.14. The quantitative estimate of drug-likeness (QED) is 0.370. The van der Waals surface area contributed by atoms with Crippen LogP contribution in [0.3, 0.4) is 0 Å². The first-order valence-electron chi connectivity index (χ1n) is 8.08. The summed E-state index contributed by atoms with van der Waals surface area (Å²) in [6.07, 6.45) is 2.63. The van der Waals surface area contributed by atoms with Crippen molar-refractivity contribution in [3.63, 3.8) is 0 Å². The van der Waals surface area contributed by atoms with Gasteiger partial charge in [-0.05, 0) is 12.1 Å². The zero-order chi connectivity index (χ0) is 17.4. The van der Waals surface area contributed by atoms with Crippen LogP contribution in [0, 0.1) is 0 Å². The molecule has 8 nitrogen and oxygen atoms in total. The van der Waals surface area contributed by atoms with Crippen LogP contribution in [0.4, 0.5) is 5.82 Å². The lowest BCUT2D eigenvalue weighted by Crippen LogP contribution is -2.38. The fourth-order valence-electron chi connectivity index (χ4n) is 2.24. The molecule has 0 aliphatic heterocycles. The van der Waals surface area contributed by atoms with E-state index >= 15 is 0 Å². The Bertz CT molecular complexity index is 668. The standard InChI is InChI=1S/C16H26N8.HI/c1-5-14-22-20-12-24(14)10-9-18-16(17-2)19-11-13-7-6-8-15(21-13)23(3)4;/h6-8,12H,5,9-11H2,1-4H3,(H2,17,18,19);1H.